The van der Waals surface area contributed by atoms with E-state index in [1.54, 1.807) is 30.3 Å². The predicted octanol–water partition coefficient (Wildman–Crippen LogP) is 3.35. The van der Waals surface area contributed by atoms with Gasteiger partial charge in [0.25, 0.3) is 0 Å². The fourth-order valence-corrected chi connectivity index (χ4v) is 1.96. The van der Waals surface area contributed by atoms with Gasteiger partial charge in [0.05, 0.1) is 11.3 Å². The second kappa shape index (κ2) is 5.01. The molecule has 0 fully saturated rings. The number of rotatable bonds is 2. The topological polar surface area (TPSA) is 43.6 Å². The van der Waals surface area contributed by atoms with E-state index in [2.05, 4.69) is 15.5 Å². The second-order valence-electron chi connectivity index (χ2n) is 4.38. The van der Waals surface area contributed by atoms with Crippen molar-refractivity contribution in [1.82, 2.24) is 20.2 Å². The van der Waals surface area contributed by atoms with E-state index in [0.29, 0.717) is 11.1 Å². The molecule has 7 heteroatoms. The SMILES string of the molecule is FC(F)(F)c1cccc(-c2ccc(-n3cnnn3)cc2)c1. The van der Waals surface area contributed by atoms with Gasteiger partial charge in [0, 0.05) is 0 Å². The Morgan fingerprint density at radius 2 is 1.67 bits per heavy atom. The molecule has 0 radical (unpaired) electrons. The summed E-state index contributed by atoms with van der Waals surface area (Å²) in [7, 11) is 0. The molecule has 0 N–H and O–H groups in total. The van der Waals surface area contributed by atoms with Crippen LogP contribution >= 0.6 is 0 Å². The monoisotopic (exact) mass is 290 g/mol. The molecule has 106 valence electrons. The average molecular weight is 290 g/mol. The Kier molecular flexibility index (Phi) is 3.17. The third kappa shape index (κ3) is 2.76. The molecule has 1 aromatic heterocycles. The molecule has 0 aliphatic rings. The lowest BCUT2D eigenvalue weighted by Gasteiger charge is -2.09. The summed E-state index contributed by atoms with van der Waals surface area (Å²) in [6, 6.07) is 12.2. The highest BCUT2D eigenvalue weighted by atomic mass is 19.4. The van der Waals surface area contributed by atoms with Crippen molar-refractivity contribution in [3.8, 4) is 16.8 Å². The first-order valence-corrected chi connectivity index (χ1v) is 6.05. The van der Waals surface area contributed by atoms with E-state index < -0.39 is 11.7 Å². The van der Waals surface area contributed by atoms with E-state index in [9.17, 15) is 13.2 Å². The molecule has 0 unspecified atom stereocenters. The number of benzene rings is 2. The van der Waals surface area contributed by atoms with Gasteiger partial charge < -0.3 is 0 Å². The molecule has 0 atom stereocenters. The molecular formula is C14H9F3N4. The van der Waals surface area contributed by atoms with Crippen molar-refractivity contribution in [2.75, 3.05) is 0 Å². The number of halogens is 3. The van der Waals surface area contributed by atoms with Crippen LogP contribution in [0.3, 0.4) is 0 Å². The molecule has 1 heterocycles. The maximum atomic E-state index is 12.7. The standard InChI is InChI=1S/C14H9F3N4/c15-14(16,17)12-3-1-2-11(8-12)10-4-6-13(7-5-10)21-9-18-19-20-21/h1-9H. The lowest BCUT2D eigenvalue weighted by atomic mass is 10.0. The molecule has 0 aliphatic heterocycles. The fourth-order valence-electron chi connectivity index (χ4n) is 1.96. The first-order chi connectivity index (χ1) is 10.0. The van der Waals surface area contributed by atoms with Gasteiger partial charge in [-0.15, -0.1) is 5.10 Å². The highest BCUT2D eigenvalue weighted by Crippen LogP contribution is 2.32. The number of hydrogen-bond acceptors (Lipinski definition) is 3. The predicted molar refractivity (Wildman–Crippen MR) is 69.6 cm³/mol. The Bertz CT molecular complexity index is 734. The third-order valence-corrected chi connectivity index (χ3v) is 3.00. The average Bonchev–Trinajstić information content (AvgIpc) is 3.01. The van der Waals surface area contributed by atoms with Gasteiger partial charge in [0.15, 0.2) is 0 Å². The Labute approximate surface area is 117 Å². The van der Waals surface area contributed by atoms with Crippen molar-refractivity contribution in [3.05, 3.63) is 60.4 Å². The Balaban J connectivity index is 1.94. The van der Waals surface area contributed by atoms with Gasteiger partial charge in [-0.25, -0.2) is 4.68 Å². The Morgan fingerprint density at radius 1 is 0.905 bits per heavy atom. The zero-order valence-electron chi connectivity index (χ0n) is 10.6. The van der Waals surface area contributed by atoms with Gasteiger partial charge >= 0.3 is 6.18 Å². The molecule has 0 spiro atoms. The zero-order chi connectivity index (χ0) is 14.9. The third-order valence-electron chi connectivity index (χ3n) is 3.00. The lowest BCUT2D eigenvalue weighted by molar-refractivity contribution is -0.137. The van der Waals surface area contributed by atoms with Gasteiger partial charge in [-0.1, -0.05) is 24.3 Å². The highest BCUT2D eigenvalue weighted by molar-refractivity contribution is 5.65. The molecule has 21 heavy (non-hydrogen) atoms. The molecule has 0 bridgehead atoms. The van der Waals surface area contributed by atoms with Crippen LogP contribution in [0.1, 0.15) is 5.56 Å². The van der Waals surface area contributed by atoms with Gasteiger partial charge in [-0.2, -0.15) is 13.2 Å². The van der Waals surface area contributed by atoms with Gasteiger partial charge in [-0.3, -0.25) is 0 Å². The summed E-state index contributed by atoms with van der Waals surface area (Å²) in [4.78, 5) is 0. The highest BCUT2D eigenvalue weighted by Gasteiger charge is 2.30. The van der Waals surface area contributed by atoms with Gasteiger partial charge in [0.1, 0.15) is 6.33 Å². The smallest absolute Gasteiger partial charge is 0.201 e. The first kappa shape index (κ1) is 13.3. The maximum absolute atomic E-state index is 12.7. The van der Waals surface area contributed by atoms with E-state index in [-0.39, 0.29) is 0 Å². The van der Waals surface area contributed by atoms with Crippen LogP contribution in [0.15, 0.2) is 54.9 Å². The van der Waals surface area contributed by atoms with Crippen LogP contribution in [0, 0.1) is 0 Å². The summed E-state index contributed by atoms with van der Waals surface area (Å²) in [5.74, 6) is 0. The van der Waals surface area contributed by atoms with E-state index in [1.165, 1.54) is 17.1 Å². The molecule has 3 aromatic rings. The summed E-state index contributed by atoms with van der Waals surface area (Å²) in [6.07, 6.45) is -2.90. The first-order valence-electron chi connectivity index (χ1n) is 6.05. The van der Waals surface area contributed by atoms with Crippen molar-refractivity contribution in [2.45, 2.75) is 6.18 Å². The molecule has 0 saturated heterocycles. The van der Waals surface area contributed by atoms with E-state index >= 15 is 0 Å². The van der Waals surface area contributed by atoms with Crippen LogP contribution in [0.5, 0.6) is 0 Å². The fraction of sp³-hybridized carbons (Fsp3) is 0.0714. The van der Waals surface area contributed by atoms with Crippen LogP contribution in [0.25, 0.3) is 16.8 Å². The summed E-state index contributed by atoms with van der Waals surface area (Å²) in [5, 5.41) is 10.8. The van der Waals surface area contributed by atoms with Gasteiger partial charge in [0.2, 0.25) is 0 Å². The van der Waals surface area contributed by atoms with Crippen molar-refractivity contribution in [1.29, 1.82) is 0 Å². The van der Waals surface area contributed by atoms with Crippen molar-refractivity contribution in [2.24, 2.45) is 0 Å². The molecule has 4 nitrogen and oxygen atoms in total. The Hall–Kier alpha value is -2.70. The summed E-state index contributed by atoms with van der Waals surface area (Å²) in [6.45, 7) is 0. The molecule has 0 saturated carbocycles. The molecule has 0 aliphatic carbocycles. The lowest BCUT2D eigenvalue weighted by Crippen LogP contribution is -2.04. The maximum Gasteiger partial charge on any atom is 0.416 e. The number of hydrogen-bond donors (Lipinski definition) is 0. The molecular weight excluding hydrogens is 281 g/mol. The summed E-state index contributed by atoms with van der Waals surface area (Å²) >= 11 is 0. The second-order valence-corrected chi connectivity index (χ2v) is 4.38. The van der Waals surface area contributed by atoms with Crippen molar-refractivity contribution < 1.29 is 13.2 Å². The molecule has 3 rings (SSSR count). The quantitative estimate of drug-likeness (QED) is 0.727. The van der Waals surface area contributed by atoms with Crippen molar-refractivity contribution in [3.63, 3.8) is 0 Å². The van der Waals surface area contributed by atoms with Crippen LogP contribution < -0.4 is 0 Å². The van der Waals surface area contributed by atoms with Crippen LogP contribution in [-0.4, -0.2) is 20.2 Å². The van der Waals surface area contributed by atoms with E-state index in [4.69, 9.17) is 0 Å². The number of alkyl halides is 3. The summed E-state index contributed by atoms with van der Waals surface area (Å²) < 4.78 is 39.6. The van der Waals surface area contributed by atoms with E-state index in [1.807, 2.05) is 0 Å². The van der Waals surface area contributed by atoms with Crippen LogP contribution in [0.2, 0.25) is 0 Å². The largest absolute Gasteiger partial charge is 0.416 e. The number of nitrogens with zero attached hydrogens (tertiary/aromatic N) is 4. The molecule has 2 aromatic carbocycles. The van der Waals surface area contributed by atoms with E-state index in [0.717, 1.165) is 17.8 Å². The molecule has 0 amide bonds. The zero-order valence-corrected chi connectivity index (χ0v) is 10.6. The summed E-state index contributed by atoms with van der Waals surface area (Å²) in [5.41, 5.74) is 1.27. The van der Waals surface area contributed by atoms with Crippen LogP contribution in [-0.2, 0) is 6.18 Å². The number of tetrazole rings is 1. The van der Waals surface area contributed by atoms with Crippen LogP contribution in [0.4, 0.5) is 13.2 Å². The minimum absolute atomic E-state index is 0.507. The normalized spacial score (nSPS) is 11.6. The number of aromatic nitrogens is 4. The minimum atomic E-state index is -4.34. The Morgan fingerprint density at radius 3 is 2.29 bits per heavy atom. The van der Waals surface area contributed by atoms with Gasteiger partial charge in [-0.05, 0) is 45.8 Å². The minimum Gasteiger partial charge on any atom is -0.201 e. The van der Waals surface area contributed by atoms with Crippen molar-refractivity contribution >= 4 is 0 Å².